The molecule has 0 radical (unpaired) electrons. The normalized spacial score (nSPS) is 16.1. The summed E-state index contributed by atoms with van der Waals surface area (Å²) < 4.78 is 26.9. The number of nitrogens with zero attached hydrogens (tertiary/aromatic N) is 1. The van der Waals surface area contributed by atoms with Gasteiger partial charge in [-0.3, -0.25) is 4.79 Å². The average molecular weight is 401 g/mol. The highest BCUT2D eigenvalue weighted by Gasteiger charge is 2.31. The van der Waals surface area contributed by atoms with Crippen molar-refractivity contribution in [2.24, 2.45) is 5.92 Å². The van der Waals surface area contributed by atoms with Gasteiger partial charge in [0.25, 0.3) is 0 Å². The van der Waals surface area contributed by atoms with Crippen LogP contribution < -0.4 is 5.32 Å². The summed E-state index contributed by atoms with van der Waals surface area (Å²) in [6.45, 7) is 5.29. The van der Waals surface area contributed by atoms with Crippen LogP contribution in [0.25, 0.3) is 0 Å². The van der Waals surface area contributed by atoms with Crippen molar-refractivity contribution < 1.29 is 13.2 Å². The molecule has 1 aliphatic rings. The lowest BCUT2D eigenvalue weighted by atomic mass is 9.97. The number of piperidine rings is 1. The molecule has 0 unspecified atom stereocenters. The van der Waals surface area contributed by atoms with Gasteiger partial charge < -0.3 is 5.32 Å². The van der Waals surface area contributed by atoms with Crippen LogP contribution >= 0.6 is 0 Å². The Labute approximate surface area is 167 Å². The Morgan fingerprint density at radius 3 is 2.32 bits per heavy atom. The molecule has 1 N–H and O–H groups in total. The number of benzene rings is 2. The first-order chi connectivity index (χ1) is 13.3. The van der Waals surface area contributed by atoms with Crippen molar-refractivity contribution in [3.8, 4) is 0 Å². The molecule has 5 nitrogen and oxygen atoms in total. The van der Waals surface area contributed by atoms with Gasteiger partial charge in [0.05, 0.1) is 5.75 Å². The van der Waals surface area contributed by atoms with Crippen LogP contribution in [0.15, 0.2) is 48.5 Å². The third kappa shape index (κ3) is 5.42. The van der Waals surface area contributed by atoms with Crippen LogP contribution in [0.4, 0.5) is 0 Å². The largest absolute Gasteiger partial charge is 0.352 e. The molecule has 2 aromatic carbocycles. The van der Waals surface area contributed by atoms with Crippen molar-refractivity contribution in [2.45, 2.75) is 39.0 Å². The maximum Gasteiger partial charge on any atom is 0.223 e. The molecule has 1 aliphatic heterocycles. The second kappa shape index (κ2) is 8.88. The Kier molecular flexibility index (Phi) is 6.52. The summed E-state index contributed by atoms with van der Waals surface area (Å²) in [4.78, 5) is 12.4. The molecule has 0 aromatic heterocycles. The number of carbonyl (C=O) groups is 1. The Morgan fingerprint density at radius 1 is 1.00 bits per heavy atom. The van der Waals surface area contributed by atoms with E-state index in [1.807, 2.05) is 62.4 Å². The van der Waals surface area contributed by atoms with E-state index in [0.717, 1.165) is 16.7 Å². The standard InChI is InChI=1S/C22H28N2O3S/c1-17-6-8-19(9-7-17)15-23-22(25)21-10-12-24(13-11-21)28(26,27)16-20-5-3-4-18(2)14-20/h3-9,14,21H,10-13,15-16H2,1-2H3,(H,23,25). The van der Waals surface area contributed by atoms with Crippen molar-refractivity contribution in [3.63, 3.8) is 0 Å². The maximum atomic E-state index is 12.7. The number of hydrogen-bond donors (Lipinski definition) is 1. The number of nitrogens with one attached hydrogen (secondary N) is 1. The van der Waals surface area contributed by atoms with E-state index in [2.05, 4.69) is 5.32 Å². The molecule has 28 heavy (non-hydrogen) atoms. The van der Waals surface area contributed by atoms with E-state index < -0.39 is 10.0 Å². The van der Waals surface area contributed by atoms with Crippen LogP contribution in [0.5, 0.6) is 0 Å². The van der Waals surface area contributed by atoms with E-state index in [1.165, 1.54) is 9.87 Å². The van der Waals surface area contributed by atoms with Crippen molar-refractivity contribution in [3.05, 3.63) is 70.8 Å². The minimum atomic E-state index is -3.36. The average Bonchev–Trinajstić information content (AvgIpc) is 2.67. The summed E-state index contributed by atoms with van der Waals surface area (Å²) >= 11 is 0. The van der Waals surface area contributed by atoms with Crippen LogP contribution in [0.2, 0.25) is 0 Å². The molecule has 2 aromatic rings. The van der Waals surface area contributed by atoms with E-state index in [1.54, 1.807) is 0 Å². The fraction of sp³-hybridized carbons (Fsp3) is 0.409. The summed E-state index contributed by atoms with van der Waals surface area (Å²) in [7, 11) is -3.36. The third-order valence-electron chi connectivity index (χ3n) is 5.24. The first-order valence-electron chi connectivity index (χ1n) is 9.70. The fourth-order valence-corrected chi connectivity index (χ4v) is 5.09. The van der Waals surface area contributed by atoms with Gasteiger partial charge in [-0.2, -0.15) is 0 Å². The molecule has 3 rings (SSSR count). The summed E-state index contributed by atoms with van der Waals surface area (Å²) in [6.07, 6.45) is 1.12. The van der Waals surface area contributed by atoms with Crippen LogP contribution in [-0.4, -0.2) is 31.7 Å². The van der Waals surface area contributed by atoms with Crippen molar-refractivity contribution in [2.75, 3.05) is 13.1 Å². The molecule has 0 atom stereocenters. The Morgan fingerprint density at radius 2 is 1.68 bits per heavy atom. The van der Waals surface area contributed by atoms with E-state index in [9.17, 15) is 13.2 Å². The molecule has 1 amide bonds. The van der Waals surface area contributed by atoms with Crippen molar-refractivity contribution in [1.82, 2.24) is 9.62 Å². The van der Waals surface area contributed by atoms with E-state index in [0.29, 0.717) is 32.5 Å². The first-order valence-corrected chi connectivity index (χ1v) is 11.3. The predicted molar refractivity (Wildman–Crippen MR) is 111 cm³/mol. The second-order valence-electron chi connectivity index (χ2n) is 7.62. The highest BCUT2D eigenvalue weighted by molar-refractivity contribution is 7.88. The van der Waals surface area contributed by atoms with Crippen LogP contribution in [-0.2, 0) is 27.1 Å². The van der Waals surface area contributed by atoms with Gasteiger partial charge in [-0.15, -0.1) is 0 Å². The molecule has 6 heteroatoms. The van der Waals surface area contributed by atoms with E-state index >= 15 is 0 Å². The van der Waals surface area contributed by atoms with Gasteiger partial charge in [0, 0.05) is 25.6 Å². The summed E-state index contributed by atoms with van der Waals surface area (Å²) in [6, 6.07) is 15.7. The number of amides is 1. The van der Waals surface area contributed by atoms with Crippen LogP contribution in [0.1, 0.15) is 35.1 Å². The van der Waals surface area contributed by atoms with Crippen LogP contribution in [0, 0.1) is 19.8 Å². The zero-order valence-electron chi connectivity index (χ0n) is 16.5. The SMILES string of the molecule is Cc1ccc(CNC(=O)C2CCN(S(=O)(=O)Cc3cccc(C)c3)CC2)cc1. The lowest BCUT2D eigenvalue weighted by Gasteiger charge is -2.30. The molecule has 0 spiro atoms. The van der Waals surface area contributed by atoms with Gasteiger partial charge in [0.1, 0.15) is 0 Å². The number of carbonyl (C=O) groups excluding carboxylic acids is 1. The molecule has 0 bridgehead atoms. The number of aryl methyl sites for hydroxylation is 2. The number of hydrogen-bond acceptors (Lipinski definition) is 3. The van der Waals surface area contributed by atoms with Crippen molar-refractivity contribution >= 4 is 15.9 Å². The van der Waals surface area contributed by atoms with Gasteiger partial charge in [0.2, 0.25) is 15.9 Å². The zero-order valence-corrected chi connectivity index (χ0v) is 17.3. The van der Waals surface area contributed by atoms with Gasteiger partial charge in [-0.1, -0.05) is 59.7 Å². The number of rotatable bonds is 6. The molecule has 1 heterocycles. The summed E-state index contributed by atoms with van der Waals surface area (Å²) in [5.41, 5.74) is 4.11. The molecule has 1 saturated heterocycles. The minimum Gasteiger partial charge on any atom is -0.352 e. The smallest absolute Gasteiger partial charge is 0.223 e. The summed E-state index contributed by atoms with van der Waals surface area (Å²) in [5.74, 6) is -0.105. The minimum absolute atomic E-state index is 0.0105. The monoisotopic (exact) mass is 400 g/mol. The quantitative estimate of drug-likeness (QED) is 0.810. The lowest BCUT2D eigenvalue weighted by molar-refractivity contribution is -0.126. The summed E-state index contributed by atoms with van der Waals surface area (Å²) in [5, 5.41) is 2.98. The van der Waals surface area contributed by atoms with Gasteiger partial charge in [0.15, 0.2) is 0 Å². The van der Waals surface area contributed by atoms with Crippen molar-refractivity contribution in [1.29, 1.82) is 0 Å². The molecular weight excluding hydrogens is 372 g/mol. The van der Waals surface area contributed by atoms with Crippen LogP contribution in [0.3, 0.4) is 0 Å². The molecular formula is C22H28N2O3S. The maximum absolute atomic E-state index is 12.7. The zero-order chi connectivity index (χ0) is 20.1. The Balaban J connectivity index is 1.50. The van der Waals surface area contributed by atoms with E-state index in [4.69, 9.17) is 0 Å². The highest BCUT2D eigenvalue weighted by Crippen LogP contribution is 2.22. The second-order valence-corrected chi connectivity index (χ2v) is 9.59. The molecule has 0 saturated carbocycles. The van der Waals surface area contributed by atoms with Gasteiger partial charge in [-0.05, 0) is 37.8 Å². The third-order valence-corrected chi connectivity index (χ3v) is 7.09. The molecule has 1 fully saturated rings. The highest BCUT2D eigenvalue weighted by atomic mass is 32.2. The first kappa shape index (κ1) is 20.6. The molecule has 150 valence electrons. The predicted octanol–water partition coefficient (Wildman–Crippen LogP) is 3.16. The fourth-order valence-electron chi connectivity index (χ4n) is 3.54. The van der Waals surface area contributed by atoms with E-state index in [-0.39, 0.29) is 17.6 Å². The number of sulfonamides is 1. The van der Waals surface area contributed by atoms with Gasteiger partial charge in [-0.25, -0.2) is 12.7 Å². The van der Waals surface area contributed by atoms with Gasteiger partial charge >= 0.3 is 0 Å². The lowest BCUT2D eigenvalue weighted by Crippen LogP contribution is -2.43. The Bertz CT molecular complexity index is 915. The topological polar surface area (TPSA) is 66.5 Å². The Hall–Kier alpha value is -2.18. The molecule has 0 aliphatic carbocycles.